The Kier molecular flexibility index (Phi) is 7.44. The molecule has 0 N–H and O–H groups in total. The summed E-state index contributed by atoms with van der Waals surface area (Å²) < 4.78 is 7.13. The van der Waals surface area contributed by atoms with Crippen LogP contribution in [0.4, 0.5) is 0 Å². The van der Waals surface area contributed by atoms with Crippen molar-refractivity contribution in [3.63, 3.8) is 0 Å². The van der Waals surface area contributed by atoms with Crippen LogP contribution in [-0.4, -0.2) is 19.1 Å². The molecule has 0 aliphatic heterocycles. The van der Waals surface area contributed by atoms with Gasteiger partial charge < -0.3 is 4.57 Å². The highest BCUT2D eigenvalue weighted by Gasteiger charge is 2.21. The molecule has 0 bridgehead atoms. The predicted molar refractivity (Wildman–Crippen MR) is 257 cm³/mol. The summed E-state index contributed by atoms with van der Waals surface area (Å²) in [5.41, 5.74) is 13.5. The first kappa shape index (κ1) is 34.0. The highest BCUT2D eigenvalue weighted by molar-refractivity contribution is 7.26. The van der Waals surface area contributed by atoms with Gasteiger partial charge in [-0.1, -0.05) is 152 Å². The number of fused-ring (bicyclic) bond motifs is 10. The lowest BCUT2D eigenvalue weighted by Crippen LogP contribution is -2.03. The van der Waals surface area contributed by atoms with E-state index in [1.165, 1.54) is 75.0 Å². The number of aromatic nitrogens is 4. The molecule has 9 aromatic carbocycles. The van der Waals surface area contributed by atoms with Crippen LogP contribution >= 0.6 is 11.3 Å². The zero-order valence-corrected chi connectivity index (χ0v) is 33.6. The zero-order valence-electron chi connectivity index (χ0n) is 32.8. The molecular weight excluding hydrogens is 761 g/mol. The minimum atomic E-state index is 0.658. The molecular formula is C56H34N4S. The molecule has 0 radical (unpaired) electrons. The van der Waals surface area contributed by atoms with Crippen molar-refractivity contribution in [1.82, 2.24) is 19.1 Å². The van der Waals surface area contributed by atoms with E-state index < -0.39 is 0 Å². The smallest absolute Gasteiger partial charge is 0.235 e. The number of para-hydroxylation sites is 4. The van der Waals surface area contributed by atoms with E-state index in [9.17, 15) is 0 Å². The van der Waals surface area contributed by atoms with Gasteiger partial charge in [0.05, 0.1) is 33.3 Å². The maximum Gasteiger partial charge on any atom is 0.235 e. The van der Waals surface area contributed by atoms with E-state index in [0.29, 0.717) is 5.95 Å². The van der Waals surface area contributed by atoms with Crippen molar-refractivity contribution in [3.05, 3.63) is 206 Å². The molecule has 4 heterocycles. The third-order valence-corrected chi connectivity index (χ3v) is 13.6. The predicted octanol–water partition coefficient (Wildman–Crippen LogP) is 15.2. The third kappa shape index (κ3) is 5.18. The van der Waals surface area contributed by atoms with Gasteiger partial charge in [-0.05, 0) is 76.9 Å². The minimum Gasteiger partial charge on any atom is -0.309 e. The Morgan fingerprint density at radius 3 is 1.52 bits per heavy atom. The number of rotatable bonds is 5. The van der Waals surface area contributed by atoms with E-state index in [1.807, 2.05) is 11.3 Å². The number of nitrogens with zero attached hydrogens (tertiary/aromatic N) is 4. The van der Waals surface area contributed by atoms with E-state index in [-0.39, 0.29) is 0 Å². The first-order valence-corrected chi connectivity index (χ1v) is 21.5. The van der Waals surface area contributed by atoms with Gasteiger partial charge in [0.1, 0.15) is 0 Å². The second kappa shape index (κ2) is 13.3. The monoisotopic (exact) mass is 794 g/mol. The minimum absolute atomic E-state index is 0.658. The Morgan fingerprint density at radius 2 is 0.836 bits per heavy atom. The molecule has 284 valence electrons. The van der Waals surface area contributed by atoms with Gasteiger partial charge in [0.2, 0.25) is 5.95 Å². The zero-order chi connectivity index (χ0) is 40.0. The normalized spacial score (nSPS) is 11.9. The third-order valence-electron chi connectivity index (χ3n) is 12.3. The summed E-state index contributed by atoms with van der Waals surface area (Å²) in [5.74, 6) is 0.658. The van der Waals surface area contributed by atoms with Crippen LogP contribution in [0.3, 0.4) is 0 Å². The molecule has 4 aromatic heterocycles. The first-order valence-electron chi connectivity index (χ1n) is 20.7. The average molecular weight is 795 g/mol. The summed E-state index contributed by atoms with van der Waals surface area (Å²) in [6.07, 6.45) is 0. The van der Waals surface area contributed by atoms with E-state index in [0.717, 1.165) is 38.9 Å². The summed E-state index contributed by atoms with van der Waals surface area (Å²) >= 11 is 1.85. The van der Waals surface area contributed by atoms with Crippen molar-refractivity contribution < 1.29 is 0 Å². The van der Waals surface area contributed by atoms with Gasteiger partial charge in [-0.3, -0.25) is 4.57 Å². The van der Waals surface area contributed by atoms with Crippen LogP contribution in [-0.2, 0) is 0 Å². The SMILES string of the molecule is c1ccc(-c2cccc3c2sc2c(-c4nc(-n5c6ccccc6c6cc(-c7ccc8c(c7)c7ccccc7n8-c7ccccc7)ccc65)nc5ccccc45)cccc23)cc1. The molecule has 0 saturated heterocycles. The summed E-state index contributed by atoms with van der Waals surface area (Å²) in [7, 11) is 0. The number of hydrogen-bond acceptors (Lipinski definition) is 3. The summed E-state index contributed by atoms with van der Waals surface area (Å²) in [6, 6.07) is 74.2. The molecule has 0 atom stereocenters. The summed E-state index contributed by atoms with van der Waals surface area (Å²) in [5, 5.41) is 8.35. The van der Waals surface area contributed by atoms with Crippen molar-refractivity contribution in [2.24, 2.45) is 0 Å². The molecule has 0 amide bonds. The fourth-order valence-corrected chi connectivity index (χ4v) is 10.9. The molecule has 61 heavy (non-hydrogen) atoms. The molecule has 0 spiro atoms. The maximum atomic E-state index is 5.54. The van der Waals surface area contributed by atoms with Gasteiger partial charge in [0.15, 0.2) is 0 Å². The average Bonchev–Trinajstić information content (AvgIpc) is 3.99. The fourth-order valence-electron chi connectivity index (χ4n) is 9.60. The Hall–Kier alpha value is -7.86. The Balaban J connectivity index is 1.00. The van der Waals surface area contributed by atoms with Crippen LogP contribution in [0.5, 0.6) is 0 Å². The van der Waals surface area contributed by atoms with Gasteiger partial charge in [0.25, 0.3) is 0 Å². The van der Waals surface area contributed by atoms with Gasteiger partial charge in [0, 0.05) is 58.4 Å². The standard InChI is InChI=1S/C56H34N4S/c1-3-15-35(16-4-1)39-22-13-23-42-43-24-14-25-45(55(43)61-54(39)42)53-44-21-7-10-26-48(44)57-56(58-53)60-50-28-12-9-20-41(50)47-34-37(30-32-52(47)60)36-29-31-51-46(33-36)40-19-8-11-27-49(40)59(51)38-17-5-2-6-18-38/h1-34H. The second-order valence-corrected chi connectivity index (χ2v) is 16.7. The lowest BCUT2D eigenvalue weighted by Gasteiger charge is -2.12. The van der Waals surface area contributed by atoms with Crippen LogP contribution < -0.4 is 0 Å². The Labute approximate surface area is 354 Å². The molecule has 0 saturated carbocycles. The van der Waals surface area contributed by atoms with Gasteiger partial charge >= 0.3 is 0 Å². The lowest BCUT2D eigenvalue weighted by atomic mass is 10.0. The first-order chi connectivity index (χ1) is 30.3. The molecule has 0 aliphatic rings. The highest BCUT2D eigenvalue weighted by atomic mass is 32.1. The highest BCUT2D eigenvalue weighted by Crippen LogP contribution is 2.45. The van der Waals surface area contributed by atoms with Crippen LogP contribution in [0, 0.1) is 0 Å². The van der Waals surface area contributed by atoms with Gasteiger partial charge in [-0.2, -0.15) is 0 Å². The number of hydrogen-bond donors (Lipinski definition) is 0. The van der Waals surface area contributed by atoms with E-state index in [2.05, 4.69) is 215 Å². The van der Waals surface area contributed by atoms with Crippen LogP contribution in [0.15, 0.2) is 206 Å². The Bertz CT molecular complexity index is 3880. The summed E-state index contributed by atoms with van der Waals surface area (Å²) in [6.45, 7) is 0. The molecule has 0 unspecified atom stereocenters. The molecule has 0 aliphatic carbocycles. The van der Waals surface area contributed by atoms with Gasteiger partial charge in [-0.25, -0.2) is 9.97 Å². The largest absolute Gasteiger partial charge is 0.309 e. The quantitative estimate of drug-likeness (QED) is 0.174. The molecule has 13 aromatic rings. The molecule has 5 heteroatoms. The van der Waals surface area contributed by atoms with Crippen LogP contribution in [0.25, 0.3) is 120 Å². The van der Waals surface area contributed by atoms with Gasteiger partial charge in [-0.15, -0.1) is 11.3 Å². The van der Waals surface area contributed by atoms with E-state index in [4.69, 9.17) is 9.97 Å². The topological polar surface area (TPSA) is 35.6 Å². The molecule has 4 nitrogen and oxygen atoms in total. The van der Waals surface area contributed by atoms with Crippen LogP contribution in [0.1, 0.15) is 0 Å². The fraction of sp³-hybridized carbons (Fsp3) is 0. The van der Waals surface area contributed by atoms with Crippen molar-refractivity contribution >= 4 is 86.0 Å². The van der Waals surface area contributed by atoms with Crippen molar-refractivity contribution in [1.29, 1.82) is 0 Å². The number of benzene rings is 9. The maximum absolute atomic E-state index is 5.54. The Morgan fingerprint density at radius 1 is 0.328 bits per heavy atom. The van der Waals surface area contributed by atoms with Crippen molar-refractivity contribution in [2.45, 2.75) is 0 Å². The summed E-state index contributed by atoms with van der Waals surface area (Å²) in [4.78, 5) is 10.8. The number of thiophene rings is 1. The van der Waals surface area contributed by atoms with Crippen molar-refractivity contribution in [3.8, 4) is 45.1 Å². The van der Waals surface area contributed by atoms with E-state index in [1.54, 1.807) is 0 Å². The van der Waals surface area contributed by atoms with E-state index >= 15 is 0 Å². The molecule has 0 fully saturated rings. The van der Waals surface area contributed by atoms with Crippen LogP contribution in [0.2, 0.25) is 0 Å². The second-order valence-electron chi connectivity index (χ2n) is 15.7. The van der Waals surface area contributed by atoms with Crippen molar-refractivity contribution in [2.75, 3.05) is 0 Å². The molecule has 13 rings (SSSR count). The lowest BCUT2D eigenvalue weighted by molar-refractivity contribution is 1.01.